The summed E-state index contributed by atoms with van der Waals surface area (Å²) < 4.78 is 0. The third kappa shape index (κ3) is 3.76. The summed E-state index contributed by atoms with van der Waals surface area (Å²) in [7, 11) is 0. The first-order valence-corrected chi connectivity index (χ1v) is 8.00. The fraction of sp³-hybridized carbons (Fsp3) is 0.333. The Morgan fingerprint density at radius 3 is 2.29 bits per heavy atom. The van der Waals surface area contributed by atoms with Crippen molar-refractivity contribution in [2.24, 2.45) is 0 Å². The lowest BCUT2D eigenvalue weighted by molar-refractivity contribution is -0.131. The maximum absolute atomic E-state index is 12.4. The molecule has 0 spiro atoms. The van der Waals surface area contributed by atoms with Crippen molar-refractivity contribution >= 4 is 11.9 Å². The largest absolute Gasteiger partial charge is 0.478 e. The van der Waals surface area contributed by atoms with E-state index < -0.39 is 5.97 Å². The number of piperidine rings is 1. The Kier molecular flexibility index (Phi) is 4.84. The SMILES string of the molecule is O=C(O)c1cnc(C2CCN(C(=O)Cc3ccccc3)CC2)nc1. The van der Waals surface area contributed by atoms with E-state index in [9.17, 15) is 9.59 Å². The maximum Gasteiger partial charge on any atom is 0.338 e. The van der Waals surface area contributed by atoms with Crippen LogP contribution in [0.2, 0.25) is 0 Å². The van der Waals surface area contributed by atoms with E-state index in [2.05, 4.69) is 9.97 Å². The molecule has 3 rings (SSSR count). The first kappa shape index (κ1) is 16.1. The van der Waals surface area contributed by atoms with Crippen LogP contribution in [0.4, 0.5) is 0 Å². The first-order chi connectivity index (χ1) is 11.6. The predicted molar refractivity (Wildman–Crippen MR) is 87.7 cm³/mol. The average Bonchev–Trinajstić information content (AvgIpc) is 2.63. The molecule has 0 radical (unpaired) electrons. The number of benzene rings is 1. The molecule has 124 valence electrons. The number of nitrogens with zero attached hydrogens (tertiary/aromatic N) is 3. The molecule has 1 amide bonds. The van der Waals surface area contributed by atoms with E-state index in [-0.39, 0.29) is 17.4 Å². The van der Waals surface area contributed by atoms with E-state index in [1.807, 2.05) is 35.2 Å². The fourth-order valence-electron chi connectivity index (χ4n) is 2.93. The Balaban J connectivity index is 1.55. The molecule has 6 nitrogen and oxygen atoms in total. The zero-order chi connectivity index (χ0) is 16.9. The average molecular weight is 325 g/mol. The van der Waals surface area contributed by atoms with Gasteiger partial charge in [-0.1, -0.05) is 30.3 Å². The van der Waals surface area contributed by atoms with Crippen LogP contribution in [0.5, 0.6) is 0 Å². The Morgan fingerprint density at radius 1 is 1.08 bits per heavy atom. The topological polar surface area (TPSA) is 83.4 Å². The molecule has 1 aliphatic rings. The van der Waals surface area contributed by atoms with Crippen LogP contribution in [0.3, 0.4) is 0 Å². The standard InChI is InChI=1S/C18H19N3O3/c22-16(10-13-4-2-1-3-5-13)21-8-6-14(7-9-21)17-19-11-15(12-20-17)18(23)24/h1-5,11-12,14H,6-10H2,(H,23,24). The summed E-state index contributed by atoms with van der Waals surface area (Å²) in [6.45, 7) is 1.36. The number of carboxylic acid groups (broad SMARTS) is 1. The molecule has 0 bridgehead atoms. The summed E-state index contributed by atoms with van der Waals surface area (Å²) in [4.78, 5) is 33.4. The second-order valence-corrected chi connectivity index (χ2v) is 5.95. The lowest BCUT2D eigenvalue weighted by Crippen LogP contribution is -2.39. The Labute approximate surface area is 140 Å². The molecule has 0 unspecified atom stereocenters. The highest BCUT2D eigenvalue weighted by Crippen LogP contribution is 2.25. The molecule has 0 saturated carbocycles. The van der Waals surface area contributed by atoms with Gasteiger partial charge in [0.1, 0.15) is 5.82 Å². The summed E-state index contributed by atoms with van der Waals surface area (Å²) in [5.74, 6) is -0.0477. The fourth-order valence-corrected chi connectivity index (χ4v) is 2.93. The summed E-state index contributed by atoms with van der Waals surface area (Å²) in [5.41, 5.74) is 1.12. The molecule has 1 saturated heterocycles. The van der Waals surface area contributed by atoms with E-state index in [0.717, 1.165) is 18.4 Å². The van der Waals surface area contributed by atoms with Gasteiger partial charge in [0.2, 0.25) is 5.91 Å². The van der Waals surface area contributed by atoms with Gasteiger partial charge in [0.15, 0.2) is 0 Å². The van der Waals surface area contributed by atoms with Gasteiger partial charge in [-0.15, -0.1) is 0 Å². The number of carbonyl (C=O) groups is 2. The van der Waals surface area contributed by atoms with Crippen molar-refractivity contribution in [3.63, 3.8) is 0 Å². The molecular formula is C18H19N3O3. The van der Waals surface area contributed by atoms with Gasteiger partial charge in [0.25, 0.3) is 0 Å². The predicted octanol–water partition coefficient (Wildman–Crippen LogP) is 2.12. The van der Waals surface area contributed by atoms with Crippen LogP contribution < -0.4 is 0 Å². The summed E-state index contributed by atoms with van der Waals surface area (Å²) in [6.07, 6.45) is 4.71. The molecular weight excluding hydrogens is 306 g/mol. The summed E-state index contributed by atoms with van der Waals surface area (Å²) >= 11 is 0. The molecule has 0 aliphatic carbocycles. The van der Waals surface area contributed by atoms with E-state index >= 15 is 0 Å². The van der Waals surface area contributed by atoms with Crippen LogP contribution in [-0.2, 0) is 11.2 Å². The van der Waals surface area contributed by atoms with Crippen molar-refractivity contribution in [2.45, 2.75) is 25.2 Å². The molecule has 2 heterocycles. The monoisotopic (exact) mass is 325 g/mol. The molecule has 1 aromatic carbocycles. The Bertz CT molecular complexity index is 708. The minimum Gasteiger partial charge on any atom is -0.478 e. The van der Waals surface area contributed by atoms with Gasteiger partial charge in [-0.25, -0.2) is 14.8 Å². The zero-order valence-electron chi connectivity index (χ0n) is 13.3. The van der Waals surface area contributed by atoms with Gasteiger partial charge in [0.05, 0.1) is 12.0 Å². The van der Waals surface area contributed by atoms with E-state index in [1.165, 1.54) is 12.4 Å². The van der Waals surface area contributed by atoms with Crippen LogP contribution >= 0.6 is 0 Å². The number of hydrogen-bond donors (Lipinski definition) is 1. The number of rotatable bonds is 4. The number of aromatic nitrogens is 2. The number of hydrogen-bond acceptors (Lipinski definition) is 4. The Hall–Kier alpha value is -2.76. The van der Waals surface area contributed by atoms with Gasteiger partial charge in [-0.05, 0) is 18.4 Å². The molecule has 24 heavy (non-hydrogen) atoms. The normalized spacial score (nSPS) is 15.2. The van der Waals surface area contributed by atoms with Crippen molar-refractivity contribution in [3.05, 3.63) is 59.7 Å². The van der Waals surface area contributed by atoms with Crippen LogP contribution in [0.1, 0.15) is 40.5 Å². The van der Waals surface area contributed by atoms with Crippen molar-refractivity contribution in [3.8, 4) is 0 Å². The number of aromatic carboxylic acids is 1. The van der Waals surface area contributed by atoms with Crippen molar-refractivity contribution in [1.29, 1.82) is 0 Å². The first-order valence-electron chi connectivity index (χ1n) is 8.00. The van der Waals surface area contributed by atoms with Gasteiger partial charge < -0.3 is 10.0 Å². The molecule has 1 fully saturated rings. The molecule has 6 heteroatoms. The van der Waals surface area contributed by atoms with Crippen molar-refractivity contribution in [2.75, 3.05) is 13.1 Å². The third-order valence-electron chi connectivity index (χ3n) is 4.33. The summed E-state index contributed by atoms with van der Waals surface area (Å²) in [5, 5.41) is 8.88. The van der Waals surface area contributed by atoms with Crippen molar-refractivity contribution < 1.29 is 14.7 Å². The van der Waals surface area contributed by atoms with Gasteiger partial charge in [-0.2, -0.15) is 0 Å². The highest BCUT2D eigenvalue weighted by molar-refractivity contribution is 5.86. The minimum atomic E-state index is -1.03. The minimum absolute atomic E-state index is 0.0919. The molecule has 2 aromatic rings. The van der Waals surface area contributed by atoms with Crippen LogP contribution in [0, 0.1) is 0 Å². The Morgan fingerprint density at radius 2 is 1.71 bits per heavy atom. The lowest BCUT2D eigenvalue weighted by Gasteiger charge is -2.31. The lowest BCUT2D eigenvalue weighted by atomic mass is 9.95. The van der Waals surface area contributed by atoms with E-state index in [1.54, 1.807) is 0 Å². The summed E-state index contributed by atoms with van der Waals surface area (Å²) in [6, 6.07) is 9.74. The van der Waals surface area contributed by atoms with Crippen LogP contribution in [0.25, 0.3) is 0 Å². The van der Waals surface area contributed by atoms with Gasteiger partial charge >= 0.3 is 5.97 Å². The maximum atomic E-state index is 12.4. The highest BCUT2D eigenvalue weighted by Gasteiger charge is 2.25. The van der Waals surface area contributed by atoms with E-state index in [0.29, 0.717) is 25.3 Å². The molecule has 1 N–H and O–H groups in total. The highest BCUT2D eigenvalue weighted by atomic mass is 16.4. The molecule has 1 aromatic heterocycles. The number of carbonyl (C=O) groups excluding carboxylic acids is 1. The second kappa shape index (κ2) is 7.21. The van der Waals surface area contributed by atoms with Crippen LogP contribution in [-0.4, -0.2) is 44.9 Å². The molecule has 1 aliphatic heterocycles. The number of carboxylic acids is 1. The number of likely N-dealkylation sites (tertiary alicyclic amines) is 1. The second-order valence-electron chi connectivity index (χ2n) is 5.95. The van der Waals surface area contributed by atoms with E-state index in [4.69, 9.17) is 5.11 Å². The smallest absolute Gasteiger partial charge is 0.338 e. The number of amides is 1. The quantitative estimate of drug-likeness (QED) is 0.931. The van der Waals surface area contributed by atoms with Gasteiger partial charge in [0, 0.05) is 31.4 Å². The van der Waals surface area contributed by atoms with Crippen molar-refractivity contribution in [1.82, 2.24) is 14.9 Å². The van der Waals surface area contributed by atoms with Crippen LogP contribution in [0.15, 0.2) is 42.7 Å². The van der Waals surface area contributed by atoms with Gasteiger partial charge in [-0.3, -0.25) is 4.79 Å². The zero-order valence-corrected chi connectivity index (χ0v) is 13.3. The molecule has 0 atom stereocenters. The third-order valence-corrected chi connectivity index (χ3v) is 4.33.